The largest absolute Gasteiger partial charge is 0.493 e. The maximum absolute atomic E-state index is 11.8. The molecule has 5 aromatic heterocycles. The van der Waals surface area contributed by atoms with Gasteiger partial charge < -0.3 is 83.7 Å². The Hall–Kier alpha value is -8.76. The third-order valence-electron chi connectivity index (χ3n) is 21.5. The van der Waals surface area contributed by atoms with E-state index in [0.717, 1.165) is 118 Å². The van der Waals surface area contributed by atoms with Crippen LogP contribution in [0.2, 0.25) is 0 Å². The van der Waals surface area contributed by atoms with Crippen LogP contribution in [0.15, 0.2) is 164 Å². The molecule has 0 bridgehead atoms. The summed E-state index contributed by atoms with van der Waals surface area (Å²) in [5.74, 6) is 2.52. The highest BCUT2D eigenvalue weighted by atomic mass is 16.9. The fourth-order valence-corrected chi connectivity index (χ4v) is 15.2. The molecule has 6 atom stereocenters. The van der Waals surface area contributed by atoms with Crippen LogP contribution in [0.1, 0.15) is 164 Å². The number of hydrogen-bond donors (Lipinski definition) is 0. The summed E-state index contributed by atoms with van der Waals surface area (Å²) in [6.07, 6.45) is 23.9. The van der Waals surface area contributed by atoms with Gasteiger partial charge in [-0.05, 0) is 202 Å². The van der Waals surface area contributed by atoms with Crippen molar-refractivity contribution in [1.29, 1.82) is 0 Å². The number of benzene rings is 4. The molecular formula is C84H94O20. The lowest BCUT2D eigenvalue weighted by Gasteiger charge is -2.34. The molecule has 0 aliphatic carbocycles. The molecule has 0 saturated carbocycles. The second kappa shape index (κ2) is 27.9. The lowest BCUT2D eigenvalue weighted by atomic mass is 9.96. The topological polar surface area (TPSA) is 226 Å². The smallest absolute Gasteiger partial charge is 0.336 e. The Morgan fingerprint density at radius 1 is 0.404 bits per heavy atom. The summed E-state index contributed by atoms with van der Waals surface area (Å²) in [6, 6.07) is 19.4. The molecule has 7 aliphatic heterocycles. The third kappa shape index (κ3) is 14.8. The molecule has 4 fully saturated rings. The molecule has 20 heteroatoms. The van der Waals surface area contributed by atoms with Crippen LogP contribution in [0.4, 0.5) is 0 Å². The maximum Gasteiger partial charge on any atom is 0.336 e. The van der Waals surface area contributed by atoms with Crippen LogP contribution in [-0.2, 0) is 47.7 Å². The second-order valence-corrected chi connectivity index (χ2v) is 30.9. The fraction of sp³-hybridized carbons (Fsp3) is 0.476. The zero-order valence-electron chi connectivity index (χ0n) is 61.6. The summed E-state index contributed by atoms with van der Waals surface area (Å²) in [6.45, 7) is 27.5. The molecule has 16 rings (SSSR count). The first-order valence-corrected chi connectivity index (χ1v) is 36.7. The first-order chi connectivity index (χ1) is 49.8. The van der Waals surface area contributed by atoms with Crippen molar-refractivity contribution in [2.45, 2.75) is 225 Å². The van der Waals surface area contributed by atoms with Gasteiger partial charge in [-0.2, -0.15) is 0 Å². The van der Waals surface area contributed by atoms with E-state index in [2.05, 4.69) is 107 Å². The number of epoxide rings is 2. The Bertz CT molecular complexity index is 4980. The minimum atomic E-state index is -1.20. The normalized spacial score (nSPS) is 24.1. The third-order valence-corrected chi connectivity index (χ3v) is 21.5. The lowest BCUT2D eigenvalue weighted by molar-refractivity contribution is -0.313. The molecule has 12 heterocycles. The molecule has 7 aliphatic rings. The molecular weight excluding hydrogens is 1330 g/mol. The Morgan fingerprint density at radius 2 is 0.740 bits per heavy atom. The minimum Gasteiger partial charge on any atom is -0.493 e. The van der Waals surface area contributed by atoms with Crippen LogP contribution in [0.3, 0.4) is 0 Å². The maximum atomic E-state index is 11.8. The van der Waals surface area contributed by atoms with Crippen LogP contribution < -0.4 is 44.4 Å². The first kappa shape index (κ1) is 70.9. The van der Waals surface area contributed by atoms with Gasteiger partial charge in [0.1, 0.15) is 94.6 Å². The van der Waals surface area contributed by atoms with E-state index >= 15 is 0 Å². The van der Waals surface area contributed by atoms with E-state index in [1.165, 1.54) is 28.9 Å². The van der Waals surface area contributed by atoms with Crippen molar-refractivity contribution in [3.63, 3.8) is 0 Å². The van der Waals surface area contributed by atoms with Crippen molar-refractivity contribution in [3.8, 4) is 40.2 Å². The summed E-state index contributed by atoms with van der Waals surface area (Å²) < 4.78 is 110. The van der Waals surface area contributed by atoms with E-state index in [1.54, 1.807) is 43.1 Å². The van der Waals surface area contributed by atoms with Gasteiger partial charge in [0.2, 0.25) is 0 Å². The standard InChI is InChI=1S/C42H48O10.C42H46O10/c2*1-25(7-10-35-40(3,4)50-35)15-20-47-39-28-13-18-42(49-34(28)24-32-30(39)17-22-45-32)51-36(41(5,6)52-42)11-8-26(2)14-19-46-38-27-9-12-37(43)48-33(27)23-31-29(38)16-21-44-31/h9,12,14-15,17,22-24,35-36H,7-8,10-11,13,16,18-21H2,1-6H3;9,12,14-17,21-24,35-36H,7-8,10-11,13,18-20H2,1-6H3/b2*25-15+,26-14+. The zero-order valence-corrected chi connectivity index (χ0v) is 61.6. The number of rotatable bonds is 24. The highest BCUT2D eigenvalue weighted by molar-refractivity contribution is 6.01. The van der Waals surface area contributed by atoms with Crippen LogP contribution in [0.25, 0.3) is 54.8 Å². The Balaban J connectivity index is 0.000000167. The van der Waals surface area contributed by atoms with Crippen LogP contribution in [0.5, 0.6) is 40.2 Å². The van der Waals surface area contributed by atoms with Crippen molar-refractivity contribution in [2.75, 3.05) is 33.0 Å². The van der Waals surface area contributed by atoms with Crippen LogP contribution >= 0.6 is 0 Å². The summed E-state index contributed by atoms with van der Waals surface area (Å²) in [5, 5.41) is 4.17. The van der Waals surface area contributed by atoms with Crippen molar-refractivity contribution in [3.05, 3.63) is 170 Å². The molecule has 104 heavy (non-hydrogen) atoms. The Kier molecular flexibility index (Phi) is 19.0. The fourth-order valence-electron chi connectivity index (χ4n) is 15.2. The van der Waals surface area contributed by atoms with Gasteiger partial charge in [0.15, 0.2) is 0 Å². The Morgan fingerprint density at radius 3 is 1.15 bits per heavy atom. The first-order valence-electron chi connectivity index (χ1n) is 36.7. The molecule has 550 valence electrons. The summed E-state index contributed by atoms with van der Waals surface area (Å²) in [7, 11) is 0. The van der Waals surface area contributed by atoms with Crippen molar-refractivity contribution in [2.24, 2.45) is 0 Å². The molecule has 4 saturated heterocycles. The van der Waals surface area contributed by atoms with Gasteiger partial charge in [-0.3, -0.25) is 0 Å². The van der Waals surface area contributed by atoms with Crippen molar-refractivity contribution < 1.29 is 83.7 Å². The van der Waals surface area contributed by atoms with Gasteiger partial charge >= 0.3 is 23.2 Å². The van der Waals surface area contributed by atoms with Crippen LogP contribution in [-0.4, -0.2) is 91.8 Å². The van der Waals surface area contributed by atoms with Crippen molar-refractivity contribution in [1.82, 2.24) is 0 Å². The number of furan rings is 3. The van der Waals surface area contributed by atoms with Gasteiger partial charge in [-0.1, -0.05) is 22.3 Å². The van der Waals surface area contributed by atoms with Gasteiger partial charge in [0, 0.05) is 72.4 Å². The monoisotopic (exact) mass is 1420 g/mol. The van der Waals surface area contributed by atoms with E-state index in [1.807, 2.05) is 30.3 Å². The molecule has 2 spiro atoms. The van der Waals surface area contributed by atoms with Crippen LogP contribution in [0, 0.1) is 0 Å². The average Bonchev–Trinajstić information content (AvgIpc) is 1.53. The number of allylic oxidation sites excluding steroid dienone is 4. The number of hydrogen-bond acceptors (Lipinski definition) is 20. The van der Waals surface area contributed by atoms with E-state index in [0.29, 0.717) is 128 Å². The highest BCUT2D eigenvalue weighted by Gasteiger charge is 2.57. The molecule has 6 unspecified atom stereocenters. The summed E-state index contributed by atoms with van der Waals surface area (Å²) in [5.41, 5.74) is 8.80. The van der Waals surface area contributed by atoms with Gasteiger partial charge in [0.25, 0.3) is 0 Å². The van der Waals surface area contributed by atoms with E-state index in [-0.39, 0.29) is 23.4 Å². The molecule has 9 aromatic rings. The summed E-state index contributed by atoms with van der Waals surface area (Å²) >= 11 is 0. The van der Waals surface area contributed by atoms with Crippen molar-refractivity contribution >= 4 is 54.8 Å². The molecule has 0 N–H and O–H groups in total. The SMILES string of the molecule is C/C(=C\COc1c2c(cc3occc13)OC1(CC2)OC(CC/C(C)=C/COc2c3c(cc4oc(=O)ccc24)OCC3)C(C)(C)O1)CCC1OC1(C)C.C/C(=C\COc1c2c(cc3occc13)OC1(CC2)OC(CC/C(C)=C/COc2c3ccoc3cc3oc(=O)ccc23)C(C)(C)O1)CCC1OC1(C)C. The lowest BCUT2D eigenvalue weighted by Crippen LogP contribution is -2.42. The highest BCUT2D eigenvalue weighted by Crippen LogP contribution is 2.53. The van der Waals surface area contributed by atoms with E-state index in [4.69, 9.17) is 83.7 Å². The molecule has 4 aromatic carbocycles. The average molecular weight is 1420 g/mol. The van der Waals surface area contributed by atoms with Gasteiger partial charge in [0.05, 0.1) is 99.1 Å². The van der Waals surface area contributed by atoms with E-state index < -0.39 is 34.4 Å². The quantitative estimate of drug-likeness (QED) is 0.0311. The Labute approximate surface area is 604 Å². The zero-order chi connectivity index (χ0) is 72.5. The summed E-state index contributed by atoms with van der Waals surface area (Å²) in [4.78, 5) is 23.6. The molecule has 0 amide bonds. The second-order valence-electron chi connectivity index (χ2n) is 30.9. The molecule has 0 radical (unpaired) electrons. The van der Waals surface area contributed by atoms with Gasteiger partial charge in [-0.15, -0.1) is 0 Å². The number of fused-ring (bicyclic) bond motifs is 8. The predicted octanol–water partition coefficient (Wildman–Crippen LogP) is 18.3. The van der Waals surface area contributed by atoms with E-state index in [9.17, 15) is 9.59 Å². The minimum absolute atomic E-state index is 0.00965. The number of ether oxygens (including phenoxy) is 13. The van der Waals surface area contributed by atoms with Gasteiger partial charge in [-0.25, -0.2) is 9.59 Å². The molecule has 20 nitrogen and oxygen atoms in total. The predicted molar refractivity (Wildman–Crippen MR) is 392 cm³/mol.